The Balaban J connectivity index is 2.06. The van der Waals surface area contributed by atoms with Crippen LogP contribution >= 0.6 is 0 Å². The lowest BCUT2D eigenvalue weighted by Gasteiger charge is -2.05. The minimum atomic E-state index is -0.537. The van der Waals surface area contributed by atoms with Crippen molar-refractivity contribution in [3.05, 3.63) is 29.6 Å². The first-order valence-corrected chi connectivity index (χ1v) is 6.11. The molecule has 0 saturated carbocycles. The summed E-state index contributed by atoms with van der Waals surface area (Å²) in [7, 11) is 0. The van der Waals surface area contributed by atoms with Gasteiger partial charge in [0, 0.05) is 30.4 Å². The van der Waals surface area contributed by atoms with Crippen LogP contribution in [0.15, 0.2) is 28.4 Å². The van der Waals surface area contributed by atoms with E-state index in [1.54, 1.807) is 0 Å². The van der Waals surface area contributed by atoms with Gasteiger partial charge in [-0.25, -0.2) is 4.39 Å². The SMILES string of the molecule is CC(C)C(=O)CC1=NN=C(c2ccc(O)cc2F)C1. The number of phenolic OH excluding ortho intramolecular Hbond substituents is 1. The van der Waals surface area contributed by atoms with Gasteiger partial charge in [-0.05, 0) is 12.1 Å². The molecule has 1 aromatic carbocycles. The molecule has 0 radical (unpaired) electrons. The Morgan fingerprint density at radius 1 is 1.42 bits per heavy atom. The molecule has 0 aliphatic carbocycles. The van der Waals surface area contributed by atoms with Gasteiger partial charge in [0.2, 0.25) is 0 Å². The maximum Gasteiger partial charge on any atom is 0.141 e. The van der Waals surface area contributed by atoms with Crippen molar-refractivity contribution < 1.29 is 14.3 Å². The van der Waals surface area contributed by atoms with Crippen LogP contribution in [0.1, 0.15) is 32.3 Å². The largest absolute Gasteiger partial charge is 0.508 e. The van der Waals surface area contributed by atoms with Crippen LogP contribution < -0.4 is 0 Å². The Morgan fingerprint density at radius 2 is 2.16 bits per heavy atom. The van der Waals surface area contributed by atoms with Crippen LogP contribution in [0, 0.1) is 11.7 Å². The molecule has 2 rings (SSSR count). The molecular formula is C14H15FN2O2. The average Bonchev–Trinajstić information content (AvgIpc) is 2.77. The zero-order valence-electron chi connectivity index (χ0n) is 10.9. The van der Waals surface area contributed by atoms with E-state index in [0.717, 1.165) is 6.07 Å². The fourth-order valence-corrected chi connectivity index (χ4v) is 1.79. The maximum atomic E-state index is 13.7. The van der Waals surface area contributed by atoms with E-state index in [0.29, 0.717) is 23.4 Å². The van der Waals surface area contributed by atoms with Gasteiger partial charge in [-0.3, -0.25) is 4.79 Å². The summed E-state index contributed by atoms with van der Waals surface area (Å²) < 4.78 is 13.7. The number of carbonyl (C=O) groups is 1. The summed E-state index contributed by atoms with van der Waals surface area (Å²) in [5.41, 5.74) is 1.46. The van der Waals surface area contributed by atoms with Crippen molar-refractivity contribution in [2.24, 2.45) is 16.1 Å². The molecule has 0 amide bonds. The number of ketones is 1. The summed E-state index contributed by atoms with van der Waals surface area (Å²) in [5.74, 6) is -0.611. The van der Waals surface area contributed by atoms with Crippen LogP contribution in [0.4, 0.5) is 4.39 Å². The monoisotopic (exact) mass is 262 g/mol. The number of carbonyl (C=O) groups excluding carboxylic acids is 1. The molecule has 0 bridgehead atoms. The second-order valence-electron chi connectivity index (χ2n) is 4.85. The Hall–Kier alpha value is -2.04. The molecular weight excluding hydrogens is 247 g/mol. The van der Waals surface area contributed by atoms with E-state index in [2.05, 4.69) is 10.2 Å². The highest BCUT2D eigenvalue weighted by Gasteiger charge is 2.20. The van der Waals surface area contributed by atoms with Crippen molar-refractivity contribution in [2.75, 3.05) is 0 Å². The van der Waals surface area contributed by atoms with Crippen LogP contribution in [-0.4, -0.2) is 22.3 Å². The van der Waals surface area contributed by atoms with Gasteiger partial charge in [0.15, 0.2) is 0 Å². The van der Waals surface area contributed by atoms with Crippen LogP contribution in [0.2, 0.25) is 0 Å². The topological polar surface area (TPSA) is 62.0 Å². The van der Waals surface area contributed by atoms with Crippen LogP contribution in [0.5, 0.6) is 5.75 Å². The predicted molar refractivity (Wildman–Crippen MR) is 71.1 cm³/mol. The number of hydrogen-bond donors (Lipinski definition) is 1. The maximum absolute atomic E-state index is 13.7. The number of halogens is 1. The quantitative estimate of drug-likeness (QED) is 0.906. The summed E-state index contributed by atoms with van der Waals surface area (Å²) in [6, 6.07) is 3.90. The highest BCUT2D eigenvalue weighted by Crippen LogP contribution is 2.20. The van der Waals surface area contributed by atoms with Crippen molar-refractivity contribution in [2.45, 2.75) is 26.7 Å². The average molecular weight is 262 g/mol. The van der Waals surface area contributed by atoms with E-state index in [1.807, 2.05) is 13.8 Å². The molecule has 0 atom stereocenters. The van der Waals surface area contributed by atoms with E-state index in [-0.39, 0.29) is 23.9 Å². The van der Waals surface area contributed by atoms with Crippen molar-refractivity contribution in [3.63, 3.8) is 0 Å². The Labute approximate surface area is 110 Å². The fraction of sp³-hybridized carbons (Fsp3) is 0.357. The lowest BCUT2D eigenvalue weighted by atomic mass is 9.98. The fourth-order valence-electron chi connectivity index (χ4n) is 1.79. The highest BCUT2D eigenvalue weighted by molar-refractivity contribution is 6.18. The van der Waals surface area contributed by atoms with E-state index in [4.69, 9.17) is 5.11 Å². The van der Waals surface area contributed by atoms with Gasteiger partial charge in [0.05, 0.1) is 11.4 Å². The molecule has 0 saturated heterocycles. The number of benzene rings is 1. The lowest BCUT2D eigenvalue weighted by Crippen LogP contribution is -2.14. The minimum absolute atomic E-state index is 0.0443. The third-order valence-electron chi connectivity index (χ3n) is 2.97. The molecule has 0 fully saturated rings. The first kappa shape index (κ1) is 13.4. The minimum Gasteiger partial charge on any atom is -0.508 e. The molecule has 0 spiro atoms. The van der Waals surface area contributed by atoms with E-state index >= 15 is 0 Å². The van der Waals surface area contributed by atoms with Gasteiger partial charge < -0.3 is 5.11 Å². The van der Waals surface area contributed by atoms with E-state index in [1.165, 1.54) is 12.1 Å². The molecule has 0 unspecified atom stereocenters. The number of Topliss-reactive ketones (excluding diaryl/α,β-unsaturated/α-hetero) is 1. The van der Waals surface area contributed by atoms with Gasteiger partial charge in [0.1, 0.15) is 17.3 Å². The number of nitrogens with zero attached hydrogens (tertiary/aromatic N) is 2. The summed E-state index contributed by atoms with van der Waals surface area (Å²) >= 11 is 0. The van der Waals surface area contributed by atoms with Crippen molar-refractivity contribution in [1.82, 2.24) is 0 Å². The van der Waals surface area contributed by atoms with E-state index < -0.39 is 5.82 Å². The highest BCUT2D eigenvalue weighted by atomic mass is 19.1. The van der Waals surface area contributed by atoms with Crippen LogP contribution in [0.3, 0.4) is 0 Å². The van der Waals surface area contributed by atoms with Gasteiger partial charge >= 0.3 is 0 Å². The summed E-state index contributed by atoms with van der Waals surface area (Å²) in [5, 5.41) is 17.0. The summed E-state index contributed by atoms with van der Waals surface area (Å²) in [4.78, 5) is 11.6. The summed E-state index contributed by atoms with van der Waals surface area (Å²) in [6.07, 6.45) is 0.629. The van der Waals surface area contributed by atoms with Gasteiger partial charge in [-0.1, -0.05) is 13.8 Å². The second kappa shape index (κ2) is 5.30. The van der Waals surface area contributed by atoms with Crippen molar-refractivity contribution in [3.8, 4) is 5.75 Å². The molecule has 0 aromatic heterocycles. The number of hydrogen-bond acceptors (Lipinski definition) is 4. The van der Waals surface area contributed by atoms with Gasteiger partial charge in [-0.2, -0.15) is 10.2 Å². The first-order valence-electron chi connectivity index (χ1n) is 6.11. The lowest BCUT2D eigenvalue weighted by molar-refractivity contribution is -0.120. The Bertz CT molecular complexity index is 577. The summed E-state index contributed by atoms with van der Waals surface area (Å²) in [6.45, 7) is 3.67. The van der Waals surface area contributed by atoms with Crippen LogP contribution in [-0.2, 0) is 4.79 Å². The number of rotatable bonds is 4. The van der Waals surface area contributed by atoms with Gasteiger partial charge in [0.25, 0.3) is 0 Å². The molecule has 100 valence electrons. The smallest absolute Gasteiger partial charge is 0.141 e. The normalized spacial score (nSPS) is 14.5. The van der Waals surface area contributed by atoms with Gasteiger partial charge in [-0.15, -0.1) is 0 Å². The third-order valence-corrected chi connectivity index (χ3v) is 2.97. The molecule has 1 heterocycles. The second-order valence-corrected chi connectivity index (χ2v) is 4.85. The third kappa shape index (κ3) is 3.05. The standard InChI is InChI=1S/C14H15FN2O2/c1-8(2)14(19)6-9-5-13(17-16-9)11-4-3-10(18)7-12(11)15/h3-4,7-8,18H,5-6H2,1-2H3. The molecule has 1 N–H and O–H groups in total. The van der Waals surface area contributed by atoms with E-state index in [9.17, 15) is 9.18 Å². The van der Waals surface area contributed by atoms with Crippen LogP contribution in [0.25, 0.3) is 0 Å². The number of phenols is 1. The predicted octanol–water partition coefficient (Wildman–Crippen LogP) is 2.70. The molecule has 1 aliphatic heterocycles. The molecule has 4 nitrogen and oxygen atoms in total. The Morgan fingerprint density at radius 3 is 2.79 bits per heavy atom. The number of aromatic hydroxyl groups is 1. The zero-order chi connectivity index (χ0) is 14.0. The zero-order valence-corrected chi connectivity index (χ0v) is 10.9. The molecule has 1 aromatic rings. The first-order chi connectivity index (χ1) is 8.97. The van der Waals surface area contributed by atoms with Crippen molar-refractivity contribution in [1.29, 1.82) is 0 Å². The molecule has 19 heavy (non-hydrogen) atoms. The van der Waals surface area contributed by atoms with Crippen molar-refractivity contribution >= 4 is 17.2 Å². The Kier molecular flexibility index (Phi) is 3.74. The molecule has 5 heteroatoms. The molecule has 1 aliphatic rings.